The molecule has 0 atom stereocenters. The van der Waals surface area contributed by atoms with Crippen LogP contribution < -0.4 is 10.1 Å². The molecule has 1 N–H and O–H groups in total. The van der Waals surface area contributed by atoms with Gasteiger partial charge in [-0.05, 0) is 55.3 Å². The molecule has 0 saturated heterocycles. The predicted octanol–water partition coefficient (Wildman–Crippen LogP) is 14.9. The van der Waals surface area contributed by atoms with Crippen molar-refractivity contribution in [3.8, 4) is 0 Å². The summed E-state index contributed by atoms with van der Waals surface area (Å²) >= 11 is 0. The molecule has 0 aliphatic heterocycles. The number of rotatable bonds is 33. The van der Waals surface area contributed by atoms with Gasteiger partial charge in [-0.2, -0.15) is 0 Å². The molecule has 3 aromatic carbocycles. The number of carboxylic acid groups (broad SMARTS) is 1. The first-order valence-corrected chi connectivity index (χ1v) is 21.5. The minimum Gasteiger partial charge on any atom is -0.478 e. The Morgan fingerprint density at radius 1 is 0.453 bits per heavy atom. The Hall–Kier alpha value is -3.35. The van der Waals surface area contributed by atoms with Gasteiger partial charge in [0.25, 0.3) is 0 Å². The third kappa shape index (κ3) is 18.5. The van der Waals surface area contributed by atoms with Crippen molar-refractivity contribution in [2.45, 2.75) is 168 Å². The number of hydrogen-bond acceptors (Lipinski definition) is 5. The quantitative estimate of drug-likeness (QED) is 0.0498. The number of carboxylic acids is 1. The van der Waals surface area contributed by atoms with Crippen molar-refractivity contribution in [1.29, 1.82) is 0 Å². The number of hydrogen-bond donors (Lipinski definition) is 1. The minimum atomic E-state index is -0.976. The summed E-state index contributed by atoms with van der Waals surface area (Å²) in [4.78, 5) is 25.4. The van der Waals surface area contributed by atoms with Crippen LogP contribution in [0.25, 0.3) is 0 Å². The van der Waals surface area contributed by atoms with E-state index in [4.69, 9.17) is 9.68 Å². The molecular weight excluding hydrogens is 657 g/mol. The van der Waals surface area contributed by atoms with E-state index in [1.165, 1.54) is 128 Å². The molecule has 0 amide bonds. The maximum absolute atomic E-state index is 12.3. The lowest BCUT2D eigenvalue weighted by molar-refractivity contribution is 0.0696. The van der Waals surface area contributed by atoms with Gasteiger partial charge in [0, 0.05) is 0 Å². The van der Waals surface area contributed by atoms with Crippen LogP contribution in [-0.4, -0.2) is 24.3 Å². The summed E-state index contributed by atoms with van der Waals surface area (Å²) in [6.07, 6.45) is 30.8. The summed E-state index contributed by atoms with van der Waals surface area (Å²) in [5.74, 6) is -0.976. The highest BCUT2D eigenvalue weighted by Crippen LogP contribution is 2.39. The van der Waals surface area contributed by atoms with Crippen LogP contribution in [0, 0.1) is 0 Å². The highest BCUT2D eigenvalue weighted by molar-refractivity contribution is 5.92. The Balaban J connectivity index is 1.61. The van der Waals surface area contributed by atoms with E-state index in [1.807, 2.05) is 71.8 Å². The van der Waals surface area contributed by atoms with E-state index in [0.717, 1.165) is 42.7 Å². The van der Waals surface area contributed by atoms with Gasteiger partial charge in [-0.15, -0.1) is 0 Å². The fraction of sp³-hybridized carbons (Fsp3) is 0.596. The van der Waals surface area contributed by atoms with E-state index < -0.39 is 5.97 Å². The van der Waals surface area contributed by atoms with Crippen LogP contribution >= 0.6 is 0 Å². The van der Waals surface area contributed by atoms with Crippen LogP contribution in [-0.2, 0) is 9.68 Å². The zero-order chi connectivity index (χ0) is 37.6. The second-order valence-corrected chi connectivity index (χ2v) is 14.7. The SMILES string of the molecule is CCCCCCCCCCCCCCON(c1ccccc1)c1ccc(C(=O)O)cc1N(OCCCCCCCCCCCCCC)c1ccccc1. The lowest BCUT2D eigenvalue weighted by atomic mass is 10.1. The van der Waals surface area contributed by atoms with Crippen molar-refractivity contribution >= 4 is 28.7 Å². The highest BCUT2D eigenvalue weighted by atomic mass is 16.7. The first kappa shape index (κ1) is 44.0. The molecule has 0 fully saturated rings. The molecule has 0 unspecified atom stereocenters. The zero-order valence-electron chi connectivity index (χ0n) is 33.5. The summed E-state index contributed by atoms with van der Waals surface area (Å²) in [7, 11) is 0. The Labute approximate surface area is 323 Å². The number of para-hydroxylation sites is 2. The lowest BCUT2D eigenvalue weighted by Gasteiger charge is -2.31. The molecule has 0 aromatic heterocycles. The molecule has 3 rings (SSSR count). The van der Waals surface area contributed by atoms with Crippen LogP contribution in [0.15, 0.2) is 78.9 Å². The third-order valence-electron chi connectivity index (χ3n) is 10.1. The second kappa shape index (κ2) is 29.1. The van der Waals surface area contributed by atoms with Crippen LogP contribution in [0.3, 0.4) is 0 Å². The molecule has 0 aliphatic carbocycles. The second-order valence-electron chi connectivity index (χ2n) is 14.7. The van der Waals surface area contributed by atoms with Gasteiger partial charge in [-0.1, -0.05) is 192 Å². The van der Waals surface area contributed by atoms with Gasteiger partial charge in [0.05, 0.1) is 41.5 Å². The van der Waals surface area contributed by atoms with E-state index >= 15 is 0 Å². The van der Waals surface area contributed by atoms with Gasteiger partial charge in [-0.25, -0.2) is 14.9 Å². The number of carbonyl (C=O) groups is 1. The Morgan fingerprint density at radius 2 is 0.792 bits per heavy atom. The van der Waals surface area contributed by atoms with Crippen LogP contribution in [0.1, 0.15) is 178 Å². The average Bonchev–Trinajstić information content (AvgIpc) is 3.19. The standard InChI is InChI=1S/C47H72N2O4/c1-3-5-7-9-11-13-15-17-19-21-23-31-39-52-48(43-33-27-25-28-34-43)45-38-37-42(47(50)51)41-46(45)49(44-35-29-26-30-36-44)53-40-32-24-22-20-18-16-14-12-10-8-6-4-2/h25-30,33-38,41H,3-24,31-32,39-40H2,1-2H3,(H,50,51). The van der Waals surface area contributed by atoms with Gasteiger partial charge in [0.15, 0.2) is 0 Å². The molecule has 0 radical (unpaired) electrons. The van der Waals surface area contributed by atoms with Gasteiger partial charge >= 0.3 is 5.97 Å². The van der Waals surface area contributed by atoms with E-state index in [-0.39, 0.29) is 5.56 Å². The smallest absolute Gasteiger partial charge is 0.335 e. The summed E-state index contributed by atoms with van der Waals surface area (Å²) in [5.41, 5.74) is 3.29. The molecule has 0 spiro atoms. The van der Waals surface area contributed by atoms with Crippen molar-refractivity contribution in [1.82, 2.24) is 0 Å². The van der Waals surface area contributed by atoms with Crippen molar-refractivity contribution in [3.63, 3.8) is 0 Å². The maximum atomic E-state index is 12.3. The molecule has 0 heterocycles. The van der Waals surface area contributed by atoms with Crippen molar-refractivity contribution in [2.75, 3.05) is 23.3 Å². The average molecular weight is 729 g/mol. The molecule has 6 nitrogen and oxygen atoms in total. The van der Waals surface area contributed by atoms with E-state index in [0.29, 0.717) is 18.9 Å². The normalized spacial score (nSPS) is 11.2. The highest BCUT2D eigenvalue weighted by Gasteiger charge is 2.23. The summed E-state index contributed by atoms with van der Waals surface area (Å²) in [6, 6.07) is 25.2. The molecule has 0 saturated carbocycles. The lowest BCUT2D eigenvalue weighted by Crippen LogP contribution is -2.25. The molecule has 53 heavy (non-hydrogen) atoms. The van der Waals surface area contributed by atoms with Crippen LogP contribution in [0.4, 0.5) is 22.7 Å². The Bertz CT molecular complexity index is 1320. The zero-order valence-corrected chi connectivity index (χ0v) is 33.5. The van der Waals surface area contributed by atoms with E-state index in [1.54, 1.807) is 17.2 Å². The summed E-state index contributed by atoms with van der Waals surface area (Å²) < 4.78 is 0. The molecule has 0 aliphatic rings. The third-order valence-corrected chi connectivity index (χ3v) is 10.1. The number of nitrogens with zero attached hydrogens (tertiary/aromatic N) is 2. The monoisotopic (exact) mass is 729 g/mol. The predicted molar refractivity (Wildman–Crippen MR) is 225 cm³/mol. The van der Waals surface area contributed by atoms with Gasteiger partial charge in [-0.3, -0.25) is 9.68 Å². The number of anilines is 4. The largest absolute Gasteiger partial charge is 0.478 e. The first-order chi connectivity index (χ1) is 26.2. The van der Waals surface area contributed by atoms with Gasteiger partial charge in [0.1, 0.15) is 0 Å². The molecular formula is C47H72N2O4. The number of aromatic carboxylic acids is 1. The van der Waals surface area contributed by atoms with Crippen LogP contribution in [0.2, 0.25) is 0 Å². The summed E-state index contributed by atoms with van der Waals surface area (Å²) in [6.45, 7) is 5.65. The van der Waals surface area contributed by atoms with Crippen molar-refractivity contribution in [2.24, 2.45) is 0 Å². The fourth-order valence-corrected chi connectivity index (χ4v) is 6.88. The molecule has 3 aromatic rings. The number of benzene rings is 3. The fourth-order valence-electron chi connectivity index (χ4n) is 6.88. The molecule has 6 heteroatoms. The Kier molecular flexibility index (Phi) is 24.2. The van der Waals surface area contributed by atoms with E-state index in [9.17, 15) is 9.90 Å². The maximum Gasteiger partial charge on any atom is 0.335 e. The van der Waals surface area contributed by atoms with Crippen LogP contribution in [0.5, 0.6) is 0 Å². The molecule has 294 valence electrons. The first-order valence-electron chi connectivity index (χ1n) is 21.5. The van der Waals surface area contributed by atoms with Gasteiger partial charge in [0.2, 0.25) is 0 Å². The van der Waals surface area contributed by atoms with Gasteiger partial charge < -0.3 is 5.11 Å². The van der Waals surface area contributed by atoms with Crippen molar-refractivity contribution in [3.05, 3.63) is 84.4 Å². The number of unbranched alkanes of at least 4 members (excludes halogenated alkanes) is 22. The molecule has 0 bridgehead atoms. The topological polar surface area (TPSA) is 62.2 Å². The van der Waals surface area contributed by atoms with Crippen molar-refractivity contribution < 1.29 is 19.6 Å². The van der Waals surface area contributed by atoms with E-state index in [2.05, 4.69) is 13.8 Å². The summed E-state index contributed by atoms with van der Waals surface area (Å²) in [5, 5.41) is 13.7. The Morgan fingerprint density at radius 3 is 1.15 bits per heavy atom. The minimum absolute atomic E-state index is 0.201.